The molecule has 1 fully saturated rings. The summed E-state index contributed by atoms with van der Waals surface area (Å²) < 4.78 is 6.26. The van der Waals surface area contributed by atoms with Crippen LogP contribution in [-0.2, 0) is 4.74 Å². The zero-order chi connectivity index (χ0) is 13.8. The van der Waals surface area contributed by atoms with E-state index in [0.717, 1.165) is 6.61 Å². The van der Waals surface area contributed by atoms with Crippen molar-refractivity contribution in [3.8, 4) is 0 Å². The summed E-state index contributed by atoms with van der Waals surface area (Å²) in [6.07, 6.45) is 9.39. The Morgan fingerprint density at radius 1 is 1.22 bits per heavy atom. The molecule has 0 aromatic carbocycles. The van der Waals surface area contributed by atoms with Gasteiger partial charge in [-0.15, -0.1) is 0 Å². The molecule has 2 heteroatoms. The van der Waals surface area contributed by atoms with Crippen LogP contribution >= 0.6 is 0 Å². The SMILES string of the molecule is CCOC(C1[CH]CCCCC1)[Si](C)(C)C(C)(C)C. The molecule has 0 heterocycles. The van der Waals surface area contributed by atoms with Crippen molar-refractivity contribution in [1.29, 1.82) is 0 Å². The lowest BCUT2D eigenvalue weighted by atomic mass is 10.0. The monoisotopic (exact) mass is 269 g/mol. The molecule has 2 atom stereocenters. The van der Waals surface area contributed by atoms with Gasteiger partial charge in [0.05, 0.1) is 13.8 Å². The predicted molar refractivity (Wildman–Crippen MR) is 83.5 cm³/mol. The Labute approximate surface area is 116 Å². The smallest absolute Gasteiger partial charge is 0.0872 e. The highest BCUT2D eigenvalue weighted by atomic mass is 28.3. The molecule has 1 aliphatic carbocycles. The second-order valence-electron chi connectivity index (χ2n) is 7.39. The van der Waals surface area contributed by atoms with Gasteiger partial charge in [-0.05, 0) is 37.1 Å². The van der Waals surface area contributed by atoms with E-state index in [1.807, 2.05) is 0 Å². The molecule has 0 amide bonds. The molecule has 0 bridgehead atoms. The van der Waals surface area contributed by atoms with E-state index in [4.69, 9.17) is 4.74 Å². The van der Waals surface area contributed by atoms with Crippen molar-refractivity contribution in [1.82, 2.24) is 0 Å². The normalized spacial score (nSPS) is 21.7. The zero-order valence-corrected chi connectivity index (χ0v) is 14.4. The van der Waals surface area contributed by atoms with Crippen LogP contribution in [0.2, 0.25) is 18.1 Å². The molecule has 2 unspecified atom stereocenters. The average molecular weight is 270 g/mol. The summed E-state index contributed by atoms with van der Waals surface area (Å²) in [6.45, 7) is 15.3. The summed E-state index contributed by atoms with van der Waals surface area (Å²) in [5.41, 5.74) is 0.501. The van der Waals surface area contributed by atoms with E-state index in [1.165, 1.54) is 32.1 Å². The minimum atomic E-state index is -1.42. The number of hydrogen-bond donors (Lipinski definition) is 0. The van der Waals surface area contributed by atoms with Crippen molar-refractivity contribution in [3.63, 3.8) is 0 Å². The van der Waals surface area contributed by atoms with Crippen molar-refractivity contribution >= 4 is 8.07 Å². The van der Waals surface area contributed by atoms with E-state index >= 15 is 0 Å². The second-order valence-corrected chi connectivity index (χ2v) is 12.9. The van der Waals surface area contributed by atoms with Crippen LogP contribution < -0.4 is 0 Å². The van der Waals surface area contributed by atoms with Gasteiger partial charge in [-0.3, -0.25) is 0 Å². The molecule has 1 aliphatic rings. The summed E-state index contributed by atoms with van der Waals surface area (Å²) in [6, 6.07) is 0. The predicted octanol–water partition coefficient (Wildman–Crippen LogP) is 5.22. The van der Waals surface area contributed by atoms with Crippen LogP contribution in [0.3, 0.4) is 0 Å². The number of rotatable bonds is 4. The Bertz CT molecular complexity index is 234. The Hall–Kier alpha value is 0.177. The van der Waals surface area contributed by atoms with Crippen molar-refractivity contribution in [3.05, 3.63) is 6.42 Å². The third kappa shape index (κ3) is 3.83. The molecule has 0 spiro atoms. The molecule has 0 N–H and O–H groups in total. The topological polar surface area (TPSA) is 9.23 Å². The third-order valence-corrected chi connectivity index (χ3v) is 11.0. The highest BCUT2D eigenvalue weighted by Crippen LogP contribution is 2.43. The molecule has 107 valence electrons. The van der Waals surface area contributed by atoms with Gasteiger partial charge in [-0.1, -0.05) is 53.1 Å². The lowest BCUT2D eigenvalue weighted by molar-refractivity contribution is 0.0726. The average Bonchev–Trinajstić information content (AvgIpc) is 2.52. The van der Waals surface area contributed by atoms with Crippen molar-refractivity contribution in [2.75, 3.05) is 6.61 Å². The van der Waals surface area contributed by atoms with Crippen LogP contribution in [0.25, 0.3) is 0 Å². The maximum atomic E-state index is 6.26. The first-order valence-electron chi connectivity index (χ1n) is 7.75. The fourth-order valence-electron chi connectivity index (χ4n) is 2.90. The van der Waals surface area contributed by atoms with Gasteiger partial charge in [0, 0.05) is 6.61 Å². The van der Waals surface area contributed by atoms with Gasteiger partial charge in [0.25, 0.3) is 0 Å². The van der Waals surface area contributed by atoms with Gasteiger partial charge >= 0.3 is 0 Å². The van der Waals surface area contributed by atoms with Crippen LogP contribution in [0.1, 0.15) is 59.8 Å². The number of ether oxygens (including phenoxy) is 1. The van der Waals surface area contributed by atoms with Crippen LogP contribution in [0.15, 0.2) is 0 Å². The lowest BCUT2D eigenvalue weighted by Gasteiger charge is -2.46. The summed E-state index contributed by atoms with van der Waals surface area (Å²) in [4.78, 5) is 0. The first-order chi connectivity index (χ1) is 8.30. The van der Waals surface area contributed by atoms with Crippen LogP contribution in [0.5, 0.6) is 0 Å². The van der Waals surface area contributed by atoms with Gasteiger partial charge in [0.1, 0.15) is 0 Å². The maximum Gasteiger partial charge on any atom is 0.0872 e. The van der Waals surface area contributed by atoms with Crippen molar-refractivity contribution < 1.29 is 4.74 Å². The molecular weight excluding hydrogens is 236 g/mol. The summed E-state index contributed by atoms with van der Waals surface area (Å²) in [7, 11) is -1.42. The molecule has 1 saturated carbocycles. The van der Waals surface area contributed by atoms with E-state index in [9.17, 15) is 0 Å². The van der Waals surface area contributed by atoms with Gasteiger partial charge in [0.2, 0.25) is 0 Å². The van der Waals surface area contributed by atoms with Crippen LogP contribution in [0.4, 0.5) is 0 Å². The van der Waals surface area contributed by atoms with Crippen molar-refractivity contribution in [2.24, 2.45) is 5.92 Å². The Balaban J connectivity index is 2.86. The van der Waals surface area contributed by atoms with Crippen LogP contribution in [-0.4, -0.2) is 20.4 Å². The van der Waals surface area contributed by atoms with Crippen LogP contribution in [0, 0.1) is 12.3 Å². The molecule has 0 aliphatic heterocycles. The Kier molecular flexibility index (Phi) is 5.92. The van der Waals surface area contributed by atoms with Gasteiger partial charge < -0.3 is 4.74 Å². The quantitative estimate of drug-likeness (QED) is 0.502. The van der Waals surface area contributed by atoms with Gasteiger partial charge in [-0.2, -0.15) is 0 Å². The lowest BCUT2D eigenvalue weighted by Crippen LogP contribution is -2.54. The summed E-state index contributed by atoms with van der Waals surface area (Å²) in [5, 5.41) is 0.410. The second kappa shape index (κ2) is 6.56. The molecule has 18 heavy (non-hydrogen) atoms. The third-order valence-electron chi connectivity index (χ3n) is 5.09. The summed E-state index contributed by atoms with van der Waals surface area (Å²) >= 11 is 0. The molecule has 1 radical (unpaired) electrons. The highest BCUT2D eigenvalue weighted by molar-refractivity contribution is 6.81. The fourth-order valence-corrected chi connectivity index (χ4v) is 5.71. The first-order valence-corrected chi connectivity index (χ1v) is 10.8. The number of hydrogen-bond acceptors (Lipinski definition) is 1. The molecular formula is C16H33OSi. The van der Waals surface area contributed by atoms with Gasteiger partial charge in [0.15, 0.2) is 0 Å². The van der Waals surface area contributed by atoms with E-state index in [0.29, 0.717) is 16.7 Å². The first kappa shape index (κ1) is 16.2. The minimum Gasteiger partial charge on any atom is -0.382 e. The highest BCUT2D eigenvalue weighted by Gasteiger charge is 2.46. The molecule has 0 saturated heterocycles. The summed E-state index contributed by atoms with van der Waals surface area (Å²) in [5.74, 6) is 0.702. The molecule has 0 aromatic heterocycles. The van der Waals surface area contributed by atoms with E-state index in [-0.39, 0.29) is 0 Å². The van der Waals surface area contributed by atoms with Gasteiger partial charge in [-0.25, -0.2) is 0 Å². The zero-order valence-electron chi connectivity index (χ0n) is 13.4. The standard InChI is InChI=1S/C16H33OSi/c1-7-17-15(18(5,6)16(2,3)4)14-12-10-8-9-11-13-14/h12,14-15H,7-11,13H2,1-6H3. The Morgan fingerprint density at radius 2 is 1.89 bits per heavy atom. The molecule has 0 aromatic rings. The van der Waals surface area contributed by atoms with E-state index < -0.39 is 8.07 Å². The van der Waals surface area contributed by atoms with Crippen molar-refractivity contribution in [2.45, 2.75) is 83.7 Å². The fraction of sp³-hybridized carbons (Fsp3) is 0.938. The Morgan fingerprint density at radius 3 is 2.44 bits per heavy atom. The van der Waals surface area contributed by atoms with E-state index in [1.54, 1.807) is 0 Å². The molecule has 1 rings (SSSR count). The maximum absolute atomic E-state index is 6.26. The molecule has 1 nitrogen and oxygen atoms in total. The largest absolute Gasteiger partial charge is 0.382 e. The minimum absolute atomic E-state index is 0.410. The van der Waals surface area contributed by atoms with E-state index in [2.05, 4.69) is 47.2 Å².